The Morgan fingerprint density at radius 1 is 1.12 bits per heavy atom. The maximum absolute atomic E-state index is 12.5. The molecule has 5 rings (SSSR count). The number of carbonyl (C=O) groups is 1. The number of nitrogens with two attached hydrogens (primary N) is 1. The largest absolute Gasteiger partial charge is 0.461 e. The molecule has 1 aromatic rings. The second kappa shape index (κ2) is 8.37. The number of aromatic nitrogens is 1. The van der Waals surface area contributed by atoms with E-state index >= 15 is 0 Å². The van der Waals surface area contributed by atoms with Gasteiger partial charge < -0.3 is 10.5 Å². The first kappa shape index (κ1) is 22.8. The summed E-state index contributed by atoms with van der Waals surface area (Å²) in [4.78, 5) is 16.8. The highest BCUT2D eigenvalue weighted by Gasteiger charge is 2.57. The first-order valence-electron chi connectivity index (χ1n) is 13.0. The van der Waals surface area contributed by atoms with Crippen molar-refractivity contribution in [1.29, 1.82) is 0 Å². The molecule has 4 aliphatic carbocycles. The first-order chi connectivity index (χ1) is 15.7. The molecule has 178 valence electrons. The van der Waals surface area contributed by atoms with Gasteiger partial charge in [0.15, 0.2) is 0 Å². The van der Waals surface area contributed by atoms with E-state index in [9.17, 15) is 4.79 Å². The fourth-order valence-corrected chi connectivity index (χ4v) is 7.78. The van der Waals surface area contributed by atoms with Crippen LogP contribution in [0.15, 0.2) is 42.3 Å². The van der Waals surface area contributed by atoms with E-state index in [1.807, 2.05) is 26.2 Å². The van der Waals surface area contributed by atoms with Crippen molar-refractivity contribution in [3.63, 3.8) is 0 Å². The van der Waals surface area contributed by atoms with Gasteiger partial charge >= 0.3 is 5.97 Å². The summed E-state index contributed by atoms with van der Waals surface area (Å²) in [7, 11) is 0. The number of hydrogen-bond donors (Lipinski definition) is 1. The lowest BCUT2D eigenvalue weighted by Crippen LogP contribution is -2.50. The van der Waals surface area contributed by atoms with Crippen LogP contribution in [0.4, 0.5) is 0 Å². The second-order valence-electron chi connectivity index (χ2n) is 11.9. The molecule has 0 spiro atoms. The van der Waals surface area contributed by atoms with Crippen LogP contribution in [0.25, 0.3) is 5.57 Å². The third-order valence-electron chi connectivity index (χ3n) is 9.89. The number of nitrogens with zero attached hydrogens (tertiary/aromatic N) is 1. The molecule has 0 saturated heterocycles. The molecule has 1 unspecified atom stereocenters. The summed E-state index contributed by atoms with van der Waals surface area (Å²) in [6.07, 6.45) is 16.8. The molecule has 0 aliphatic heterocycles. The highest BCUT2D eigenvalue weighted by atomic mass is 16.5. The Morgan fingerprint density at radius 2 is 1.91 bits per heavy atom. The van der Waals surface area contributed by atoms with Crippen LogP contribution in [0.2, 0.25) is 0 Å². The molecule has 0 bridgehead atoms. The molecule has 4 nitrogen and oxygen atoms in total. The Bertz CT molecular complexity index is 967. The van der Waals surface area contributed by atoms with Crippen molar-refractivity contribution in [1.82, 2.24) is 4.98 Å². The van der Waals surface area contributed by atoms with Gasteiger partial charge in [-0.25, -0.2) is 0 Å². The smallest absolute Gasteiger partial charge is 0.323 e. The van der Waals surface area contributed by atoms with Crippen molar-refractivity contribution < 1.29 is 9.53 Å². The van der Waals surface area contributed by atoms with Gasteiger partial charge in [0.25, 0.3) is 0 Å². The molecular weight excluding hydrogens is 408 g/mol. The SMILES string of the molecule is CC(C)C(N)C(=O)O[C@H]1CC[C@@]2(C)C(=CC[C@@H]3[C@@H]2CC[C@]2(C)C(c4cccnc4)=CC[C@@H]32)C1. The fraction of sp³-hybridized carbons (Fsp3) is 0.655. The number of carbonyl (C=O) groups excluding carboxylic acids is 1. The van der Waals surface area contributed by atoms with E-state index in [2.05, 4.69) is 43.1 Å². The number of allylic oxidation sites excluding steroid dienone is 3. The zero-order valence-electron chi connectivity index (χ0n) is 20.7. The molecule has 4 heteroatoms. The van der Waals surface area contributed by atoms with Gasteiger partial charge in [0, 0.05) is 18.8 Å². The van der Waals surface area contributed by atoms with E-state index in [0.29, 0.717) is 5.92 Å². The first-order valence-corrected chi connectivity index (χ1v) is 13.0. The van der Waals surface area contributed by atoms with Crippen LogP contribution in [0.1, 0.15) is 78.2 Å². The van der Waals surface area contributed by atoms with Crippen LogP contribution in [-0.2, 0) is 9.53 Å². The Labute approximate surface area is 199 Å². The van der Waals surface area contributed by atoms with Crippen molar-refractivity contribution in [2.45, 2.75) is 84.8 Å². The van der Waals surface area contributed by atoms with Gasteiger partial charge in [0.2, 0.25) is 0 Å². The van der Waals surface area contributed by atoms with Crippen LogP contribution in [0.5, 0.6) is 0 Å². The Hall–Kier alpha value is -1.94. The van der Waals surface area contributed by atoms with Gasteiger partial charge in [-0.15, -0.1) is 0 Å². The highest BCUT2D eigenvalue weighted by Crippen LogP contribution is 2.66. The van der Waals surface area contributed by atoms with Crippen molar-refractivity contribution in [2.75, 3.05) is 0 Å². The molecule has 7 atom stereocenters. The zero-order chi connectivity index (χ0) is 23.4. The van der Waals surface area contributed by atoms with Crippen LogP contribution in [0.3, 0.4) is 0 Å². The number of esters is 1. The minimum Gasteiger partial charge on any atom is -0.461 e. The normalized spacial score (nSPS) is 38.5. The van der Waals surface area contributed by atoms with Gasteiger partial charge in [-0.3, -0.25) is 9.78 Å². The molecule has 0 amide bonds. The summed E-state index contributed by atoms with van der Waals surface area (Å²) < 4.78 is 5.87. The number of fused-ring (bicyclic) bond motifs is 5. The van der Waals surface area contributed by atoms with Crippen molar-refractivity contribution in [3.8, 4) is 0 Å². The topological polar surface area (TPSA) is 65.2 Å². The maximum Gasteiger partial charge on any atom is 0.323 e. The monoisotopic (exact) mass is 448 g/mol. The molecule has 0 aromatic carbocycles. The Morgan fingerprint density at radius 3 is 2.64 bits per heavy atom. The molecule has 1 aromatic heterocycles. The highest BCUT2D eigenvalue weighted by molar-refractivity contribution is 5.76. The maximum atomic E-state index is 12.5. The number of hydrogen-bond acceptors (Lipinski definition) is 4. The van der Waals surface area contributed by atoms with E-state index < -0.39 is 6.04 Å². The lowest BCUT2D eigenvalue weighted by atomic mass is 9.47. The van der Waals surface area contributed by atoms with E-state index in [1.165, 1.54) is 36.0 Å². The summed E-state index contributed by atoms with van der Waals surface area (Å²) >= 11 is 0. The average molecular weight is 449 g/mol. The van der Waals surface area contributed by atoms with Gasteiger partial charge in [-0.2, -0.15) is 0 Å². The second-order valence-corrected chi connectivity index (χ2v) is 11.9. The lowest BCUT2D eigenvalue weighted by molar-refractivity contribution is -0.154. The zero-order valence-corrected chi connectivity index (χ0v) is 20.7. The van der Waals surface area contributed by atoms with Crippen LogP contribution < -0.4 is 5.73 Å². The quantitative estimate of drug-likeness (QED) is 0.458. The van der Waals surface area contributed by atoms with E-state index in [1.54, 1.807) is 0 Å². The van der Waals surface area contributed by atoms with Gasteiger partial charge in [-0.05, 0) is 90.2 Å². The Kier molecular flexibility index (Phi) is 5.79. The summed E-state index contributed by atoms with van der Waals surface area (Å²) in [5, 5.41) is 0. The predicted octanol–water partition coefficient (Wildman–Crippen LogP) is 5.93. The molecule has 2 saturated carbocycles. The van der Waals surface area contributed by atoms with Crippen LogP contribution in [0, 0.1) is 34.5 Å². The predicted molar refractivity (Wildman–Crippen MR) is 132 cm³/mol. The molecule has 0 radical (unpaired) electrons. The summed E-state index contributed by atoms with van der Waals surface area (Å²) in [6.45, 7) is 8.96. The third-order valence-corrected chi connectivity index (χ3v) is 9.89. The standard InChI is InChI=1S/C29H40N2O2/c1-18(2)26(30)27(32)33-21-11-13-28(3)20(16-21)7-8-22-24-10-9-23(19-6-5-15-31-17-19)29(24,4)14-12-25(22)28/h5-7,9,15,17-18,21-22,24-26H,8,10-14,16,30H2,1-4H3/t21-,22-,24-,25-,26?,28-,29+/m0/s1. The van der Waals surface area contributed by atoms with Crippen molar-refractivity contribution >= 4 is 11.5 Å². The van der Waals surface area contributed by atoms with E-state index in [4.69, 9.17) is 10.5 Å². The molecule has 1 heterocycles. The number of ether oxygens (including phenoxy) is 1. The summed E-state index contributed by atoms with van der Waals surface area (Å²) in [5.74, 6) is 2.04. The number of pyridine rings is 1. The van der Waals surface area contributed by atoms with Crippen LogP contribution >= 0.6 is 0 Å². The van der Waals surface area contributed by atoms with Crippen molar-refractivity contribution in [3.05, 3.63) is 47.8 Å². The van der Waals surface area contributed by atoms with Crippen molar-refractivity contribution in [2.24, 2.45) is 40.2 Å². The van der Waals surface area contributed by atoms with E-state index in [0.717, 1.165) is 37.5 Å². The van der Waals surface area contributed by atoms with Crippen LogP contribution in [-0.4, -0.2) is 23.1 Å². The third kappa shape index (κ3) is 3.69. The summed E-state index contributed by atoms with van der Waals surface area (Å²) in [6, 6.07) is 3.77. The fourth-order valence-electron chi connectivity index (χ4n) is 7.78. The average Bonchev–Trinajstić information content (AvgIpc) is 3.16. The van der Waals surface area contributed by atoms with Gasteiger partial charge in [-0.1, -0.05) is 51.5 Å². The van der Waals surface area contributed by atoms with E-state index in [-0.39, 0.29) is 28.8 Å². The number of rotatable bonds is 4. The lowest BCUT2D eigenvalue weighted by Gasteiger charge is -2.57. The van der Waals surface area contributed by atoms with Gasteiger partial charge in [0.1, 0.15) is 12.1 Å². The minimum atomic E-state index is -0.525. The molecular formula is C29H40N2O2. The molecule has 2 fully saturated rings. The molecule has 2 N–H and O–H groups in total. The minimum absolute atomic E-state index is 0.0163. The molecule has 4 aliphatic rings. The summed E-state index contributed by atoms with van der Waals surface area (Å²) in [5.41, 5.74) is 10.9. The molecule has 33 heavy (non-hydrogen) atoms. The van der Waals surface area contributed by atoms with Gasteiger partial charge in [0.05, 0.1) is 0 Å². The Balaban J connectivity index is 1.33.